The molecule has 26 heavy (non-hydrogen) atoms. The molecule has 0 spiro atoms. The Bertz CT molecular complexity index is 725. The van der Waals surface area contributed by atoms with Crippen LogP contribution in [-0.4, -0.2) is 26.5 Å². The molecule has 1 fully saturated rings. The van der Waals surface area contributed by atoms with Crippen molar-refractivity contribution in [2.75, 3.05) is 0 Å². The normalized spacial score (nSPS) is 20.7. The van der Waals surface area contributed by atoms with E-state index in [1.54, 1.807) is 6.08 Å². The summed E-state index contributed by atoms with van der Waals surface area (Å²) in [5, 5.41) is 2.26. The summed E-state index contributed by atoms with van der Waals surface area (Å²) in [6.45, 7) is 10.5. The quantitative estimate of drug-likeness (QED) is 0.462. The number of cyclic esters (lactones) is 1. The second-order valence-electron chi connectivity index (χ2n) is 7.71. The molecule has 0 aliphatic carbocycles. The fraction of sp³-hybridized carbons (Fsp3) is 0.318. The second-order valence-corrected chi connectivity index (χ2v) is 12.0. The van der Waals surface area contributed by atoms with Gasteiger partial charge in [0.1, 0.15) is 6.10 Å². The first-order chi connectivity index (χ1) is 12.4. The summed E-state index contributed by atoms with van der Waals surface area (Å²) >= 11 is 0. The molecule has 2 aromatic carbocycles. The maximum Gasteiger partial charge on any atom is 0.309 e. The van der Waals surface area contributed by atoms with Crippen LogP contribution >= 0.6 is 0 Å². The van der Waals surface area contributed by atoms with Crippen molar-refractivity contribution in [2.45, 2.75) is 44.4 Å². The van der Waals surface area contributed by atoms with Crippen LogP contribution in [0.2, 0.25) is 5.04 Å². The Morgan fingerprint density at radius 3 is 1.96 bits per heavy atom. The van der Waals surface area contributed by atoms with Crippen molar-refractivity contribution in [1.82, 2.24) is 0 Å². The first-order valence-corrected chi connectivity index (χ1v) is 10.9. The molecular formula is C22H26O3Si. The van der Waals surface area contributed by atoms with Gasteiger partial charge >= 0.3 is 5.97 Å². The predicted molar refractivity (Wildman–Crippen MR) is 107 cm³/mol. The molecular weight excluding hydrogens is 340 g/mol. The molecule has 4 heteroatoms. The van der Waals surface area contributed by atoms with Gasteiger partial charge in [-0.1, -0.05) is 88.0 Å². The minimum Gasteiger partial charge on any atom is -0.455 e. The molecule has 2 atom stereocenters. The maximum absolute atomic E-state index is 11.9. The average Bonchev–Trinajstić information content (AvgIpc) is 2.99. The van der Waals surface area contributed by atoms with Crippen LogP contribution < -0.4 is 10.4 Å². The Hall–Kier alpha value is -2.17. The summed E-state index contributed by atoms with van der Waals surface area (Å²) in [6, 6.07) is 20.8. The van der Waals surface area contributed by atoms with Crippen LogP contribution in [0.15, 0.2) is 73.3 Å². The molecule has 0 bridgehead atoms. The lowest BCUT2D eigenvalue weighted by Crippen LogP contribution is -2.68. The molecule has 1 saturated heterocycles. The number of rotatable bonds is 5. The second kappa shape index (κ2) is 7.21. The summed E-state index contributed by atoms with van der Waals surface area (Å²) in [6.07, 6.45) is 1.23. The molecule has 1 heterocycles. The molecule has 3 nitrogen and oxygen atoms in total. The average molecular weight is 367 g/mol. The number of hydrogen-bond acceptors (Lipinski definition) is 3. The van der Waals surface area contributed by atoms with Gasteiger partial charge in [-0.05, 0) is 21.5 Å². The van der Waals surface area contributed by atoms with Crippen LogP contribution in [0.1, 0.15) is 27.2 Å². The summed E-state index contributed by atoms with van der Waals surface area (Å²) < 4.78 is 12.3. The van der Waals surface area contributed by atoms with Gasteiger partial charge in [-0.15, -0.1) is 0 Å². The first kappa shape index (κ1) is 18.6. The van der Waals surface area contributed by atoms with E-state index in [-0.39, 0.29) is 23.5 Å². The van der Waals surface area contributed by atoms with E-state index < -0.39 is 14.4 Å². The Balaban J connectivity index is 2.18. The van der Waals surface area contributed by atoms with Crippen LogP contribution in [0.4, 0.5) is 0 Å². The van der Waals surface area contributed by atoms with Crippen LogP contribution in [0.3, 0.4) is 0 Å². The van der Waals surface area contributed by atoms with Gasteiger partial charge in [-0.3, -0.25) is 4.79 Å². The largest absolute Gasteiger partial charge is 0.455 e. The predicted octanol–water partition coefficient (Wildman–Crippen LogP) is 3.43. The highest BCUT2D eigenvalue weighted by atomic mass is 28.4. The van der Waals surface area contributed by atoms with Crippen LogP contribution in [0, 0.1) is 0 Å². The number of hydrogen-bond donors (Lipinski definition) is 0. The van der Waals surface area contributed by atoms with Crippen molar-refractivity contribution in [3.8, 4) is 0 Å². The number of ether oxygens (including phenoxy) is 1. The van der Waals surface area contributed by atoms with E-state index in [2.05, 4.69) is 75.9 Å². The number of benzene rings is 2. The van der Waals surface area contributed by atoms with Gasteiger partial charge in [-0.25, -0.2) is 0 Å². The lowest BCUT2D eigenvalue weighted by atomic mass is 10.2. The molecule has 2 aromatic rings. The Labute approximate surface area is 156 Å². The molecule has 3 rings (SSSR count). The monoisotopic (exact) mass is 366 g/mol. The van der Waals surface area contributed by atoms with Crippen molar-refractivity contribution in [1.29, 1.82) is 0 Å². The lowest BCUT2D eigenvalue weighted by molar-refractivity contribution is -0.140. The smallest absolute Gasteiger partial charge is 0.309 e. The third-order valence-electron chi connectivity index (χ3n) is 4.98. The highest BCUT2D eigenvalue weighted by molar-refractivity contribution is 6.99. The van der Waals surface area contributed by atoms with E-state index in [0.717, 1.165) is 0 Å². The molecule has 136 valence electrons. The molecule has 0 saturated carbocycles. The highest BCUT2D eigenvalue weighted by Crippen LogP contribution is 2.39. The maximum atomic E-state index is 11.9. The number of esters is 1. The zero-order valence-corrected chi connectivity index (χ0v) is 16.6. The van der Waals surface area contributed by atoms with E-state index in [0.29, 0.717) is 0 Å². The zero-order chi connectivity index (χ0) is 18.8. The molecule has 1 aliphatic heterocycles. The summed E-state index contributed by atoms with van der Waals surface area (Å²) in [4.78, 5) is 11.9. The third-order valence-corrected chi connectivity index (χ3v) is 10.0. The van der Waals surface area contributed by atoms with Crippen molar-refractivity contribution < 1.29 is 14.0 Å². The fourth-order valence-electron chi connectivity index (χ4n) is 3.78. The van der Waals surface area contributed by atoms with Crippen molar-refractivity contribution in [3.63, 3.8) is 0 Å². The van der Waals surface area contributed by atoms with Gasteiger partial charge in [0.2, 0.25) is 0 Å². The fourth-order valence-corrected chi connectivity index (χ4v) is 8.47. The summed E-state index contributed by atoms with van der Waals surface area (Å²) in [5.74, 6) is -0.224. The first-order valence-electron chi connectivity index (χ1n) is 8.99. The van der Waals surface area contributed by atoms with Crippen molar-refractivity contribution in [3.05, 3.63) is 73.3 Å². The Morgan fingerprint density at radius 1 is 1.04 bits per heavy atom. The summed E-state index contributed by atoms with van der Waals surface area (Å²) in [5.41, 5.74) is 0. The number of carbonyl (C=O) groups is 1. The molecule has 0 radical (unpaired) electrons. The van der Waals surface area contributed by atoms with Gasteiger partial charge in [0.15, 0.2) is 0 Å². The topological polar surface area (TPSA) is 35.5 Å². The molecule has 0 N–H and O–H groups in total. The SMILES string of the molecule is C=C[C@H]1OC(=O)C[C@H]1O[Si](c1ccccc1)(c1ccccc1)C(C)(C)C. The van der Waals surface area contributed by atoms with E-state index in [4.69, 9.17) is 9.16 Å². The Kier molecular flexibility index (Phi) is 5.16. The minimum atomic E-state index is -2.68. The van der Waals surface area contributed by atoms with E-state index in [1.165, 1.54) is 10.4 Å². The molecule has 1 aliphatic rings. The van der Waals surface area contributed by atoms with Gasteiger partial charge < -0.3 is 9.16 Å². The van der Waals surface area contributed by atoms with Gasteiger partial charge in [0.25, 0.3) is 8.32 Å². The van der Waals surface area contributed by atoms with Crippen molar-refractivity contribution >= 4 is 24.7 Å². The molecule has 0 unspecified atom stereocenters. The molecule has 0 amide bonds. The highest BCUT2D eigenvalue weighted by Gasteiger charge is 2.53. The van der Waals surface area contributed by atoms with Crippen LogP contribution in [0.25, 0.3) is 0 Å². The third kappa shape index (κ3) is 3.27. The standard InChI is InChI=1S/C22H26O3Si/c1-5-19-20(16-21(23)24-19)25-26(22(2,3)4,17-12-8-6-9-13-17)18-14-10-7-11-15-18/h5-15,19-20H,1,16H2,2-4H3/t19-,20-/m1/s1. The minimum absolute atomic E-state index is 0.132. The van der Waals surface area contributed by atoms with E-state index in [1.807, 2.05) is 12.1 Å². The van der Waals surface area contributed by atoms with E-state index in [9.17, 15) is 4.79 Å². The lowest BCUT2D eigenvalue weighted by Gasteiger charge is -2.44. The molecule has 0 aromatic heterocycles. The van der Waals surface area contributed by atoms with Gasteiger partial charge in [0, 0.05) is 0 Å². The zero-order valence-electron chi connectivity index (χ0n) is 15.6. The number of carbonyl (C=O) groups excluding carboxylic acids is 1. The van der Waals surface area contributed by atoms with Gasteiger partial charge in [-0.2, -0.15) is 0 Å². The van der Waals surface area contributed by atoms with E-state index >= 15 is 0 Å². The van der Waals surface area contributed by atoms with Crippen LogP contribution in [-0.2, 0) is 14.0 Å². The van der Waals surface area contributed by atoms with Crippen molar-refractivity contribution in [2.24, 2.45) is 0 Å². The van der Waals surface area contributed by atoms with Gasteiger partial charge in [0.05, 0.1) is 12.5 Å². The Morgan fingerprint density at radius 2 is 1.54 bits per heavy atom. The summed E-state index contributed by atoms with van der Waals surface area (Å²) in [7, 11) is -2.68. The van der Waals surface area contributed by atoms with Crippen LogP contribution in [0.5, 0.6) is 0 Å².